The first-order valence-corrected chi connectivity index (χ1v) is 11.3. The Morgan fingerprint density at radius 2 is 1.83 bits per heavy atom. The fourth-order valence-electron chi connectivity index (χ4n) is 3.49. The van der Waals surface area contributed by atoms with Crippen LogP contribution in [0.25, 0.3) is 10.1 Å². The van der Waals surface area contributed by atoms with Gasteiger partial charge in [0.15, 0.2) is 0 Å². The Morgan fingerprint density at radius 1 is 1.07 bits per heavy atom. The first-order valence-electron chi connectivity index (χ1n) is 9.27. The van der Waals surface area contributed by atoms with E-state index in [4.69, 9.17) is 11.6 Å². The van der Waals surface area contributed by atoms with E-state index in [-0.39, 0.29) is 17.7 Å². The van der Waals surface area contributed by atoms with Crippen molar-refractivity contribution < 1.29 is 9.59 Å². The number of hydrogen-bond acceptors (Lipinski definition) is 6. The molecule has 1 N–H and O–H groups in total. The number of carbonyl (C=O) groups is 2. The quantitative estimate of drug-likeness (QED) is 0.461. The van der Waals surface area contributed by atoms with Gasteiger partial charge in [-0.25, -0.2) is 0 Å². The molecule has 1 saturated heterocycles. The minimum absolute atomic E-state index is 0.0474. The molecular formula is C21H15ClN4O2S2. The number of nitrogens with zero attached hydrogens (tertiary/aromatic N) is 3. The number of halogens is 1. The minimum Gasteiger partial charge on any atom is -0.312 e. The Labute approximate surface area is 185 Å². The first-order chi connectivity index (χ1) is 14.6. The van der Waals surface area contributed by atoms with Crippen LogP contribution in [-0.4, -0.2) is 28.6 Å². The first kappa shape index (κ1) is 19.2. The molecule has 0 bridgehead atoms. The van der Waals surface area contributed by atoms with Gasteiger partial charge in [0.05, 0.1) is 5.02 Å². The molecular weight excluding hydrogens is 440 g/mol. The van der Waals surface area contributed by atoms with Gasteiger partial charge in [-0.2, -0.15) is 0 Å². The van der Waals surface area contributed by atoms with Gasteiger partial charge < -0.3 is 4.90 Å². The van der Waals surface area contributed by atoms with Gasteiger partial charge in [-0.1, -0.05) is 59.3 Å². The van der Waals surface area contributed by atoms with Gasteiger partial charge in [0.25, 0.3) is 5.91 Å². The number of fused-ring (bicyclic) bond motifs is 1. The van der Waals surface area contributed by atoms with Crippen molar-refractivity contribution in [3.8, 4) is 0 Å². The van der Waals surface area contributed by atoms with Crippen molar-refractivity contribution in [2.75, 3.05) is 16.8 Å². The standard InChI is InChI=1S/C21H15ClN4O2S2/c22-17-14-8-4-5-9-15(14)29-18(17)19(28)23-21-25-24-20(30-21)12-10-16(27)26(11-12)13-6-2-1-3-7-13/h1-9,12H,10-11H2,(H,23,25,28)/t12-/m1/s1. The molecule has 1 atom stereocenters. The fraction of sp³-hybridized carbons (Fsp3) is 0.143. The van der Waals surface area contributed by atoms with Crippen molar-refractivity contribution in [3.63, 3.8) is 0 Å². The zero-order valence-corrected chi connectivity index (χ0v) is 17.9. The highest BCUT2D eigenvalue weighted by Crippen LogP contribution is 2.37. The summed E-state index contributed by atoms with van der Waals surface area (Å²) in [7, 11) is 0. The van der Waals surface area contributed by atoms with Gasteiger partial charge in [-0.3, -0.25) is 14.9 Å². The summed E-state index contributed by atoms with van der Waals surface area (Å²) < 4.78 is 0.955. The zero-order chi connectivity index (χ0) is 20.7. The van der Waals surface area contributed by atoms with Crippen LogP contribution < -0.4 is 10.2 Å². The number of rotatable bonds is 4. The van der Waals surface area contributed by atoms with E-state index in [1.807, 2.05) is 54.6 Å². The second-order valence-corrected chi connectivity index (χ2v) is 9.32. The molecule has 0 spiro atoms. The third-order valence-corrected chi connectivity index (χ3v) is 7.62. The second kappa shape index (κ2) is 7.79. The lowest BCUT2D eigenvalue weighted by Gasteiger charge is -2.15. The van der Waals surface area contributed by atoms with E-state index in [2.05, 4.69) is 15.5 Å². The highest BCUT2D eigenvalue weighted by Gasteiger charge is 2.34. The molecule has 1 aliphatic rings. The molecule has 0 unspecified atom stereocenters. The maximum atomic E-state index is 12.7. The van der Waals surface area contributed by atoms with Gasteiger partial charge in [-0.05, 0) is 18.2 Å². The van der Waals surface area contributed by atoms with E-state index in [0.29, 0.717) is 28.0 Å². The van der Waals surface area contributed by atoms with Crippen molar-refractivity contribution in [2.45, 2.75) is 12.3 Å². The topological polar surface area (TPSA) is 75.2 Å². The third-order valence-electron chi connectivity index (χ3n) is 4.94. The van der Waals surface area contributed by atoms with Crippen LogP contribution in [0.3, 0.4) is 0 Å². The Kier molecular flexibility index (Phi) is 4.98. The molecule has 1 aliphatic heterocycles. The Hall–Kier alpha value is -2.81. The van der Waals surface area contributed by atoms with Crippen LogP contribution in [0.15, 0.2) is 54.6 Å². The Bertz CT molecular complexity index is 1250. The number of para-hydroxylation sites is 1. The molecule has 2 aromatic carbocycles. The zero-order valence-electron chi connectivity index (χ0n) is 15.5. The maximum Gasteiger partial charge on any atom is 0.269 e. The third kappa shape index (κ3) is 3.47. The van der Waals surface area contributed by atoms with Crippen molar-refractivity contribution >= 4 is 67.0 Å². The van der Waals surface area contributed by atoms with Crippen molar-refractivity contribution in [1.82, 2.24) is 10.2 Å². The molecule has 6 nitrogen and oxygen atoms in total. The molecule has 1 fully saturated rings. The number of carbonyl (C=O) groups excluding carboxylic acids is 2. The number of aromatic nitrogens is 2. The summed E-state index contributed by atoms with van der Waals surface area (Å²) in [6.07, 6.45) is 0.375. The highest BCUT2D eigenvalue weighted by atomic mass is 35.5. The van der Waals surface area contributed by atoms with E-state index >= 15 is 0 Å². The lowest BCUT2D eigenvalue weighted by atomic mass is 10.1. The van der Waals surface area contributed by atoms with Crippen LogP contribution in [-0.2, 0) is 4.79 Å². The molecule has 0 radical (unpaired) electrons. The number of hydrogen-bond donors (Lipinski definition) is 1. The van der Waals surface area contributed by atoms with E-state index < -0.39 is 0 Å². The lowest BCUT2D eigenvalue weighted by Crippen LogP contribution is -2.24. The van der Waals surface area contributed by atoms with Gasteiger partial charge in [0, 0.05) is 34.7 Å². The Balaban J connectivity index is 1.32. The molecule has 30 heavy (non-hydrogen) atoms. The molecule has 4 aromatic rings. The summed E-state index contributed by atoms with van der Waals surface area (Å²) in [4.78, 5) is 27.4. The normalized spacial score (nSPS) is 16.4. The van der Waals surface area contributed by atoms with Crippen molar-refractivity contribution in [3.05, 3.63) is 69.5 Å². The maximum absolute atomic E-state index is 12.7. The van der Waals surface area contributed by atoms with Gasteiger partial charge in [0.2, 0.25) is 11.0 Å². The van der Waals surface area contributed by atoms with Gasteiger partial charge in [-0.15, -0.1) is 21.5 Å². The molecule has 0 saturated carbocycles. The fourth-order valence-corrected chi connectivity index (χ4v) is 5.74. The molecule has 150 valence electrons. The van der Waals surface area contributed by atoms with E-state index in [9.17, 15) is 9.59 Å². The van der Waals surface area contributed by atoms with Crippen LogP contribution in [0, 0.1) is 0 Å². The lowest BCUT2D eigenvalue weighted by molar-refractivity contribution is -0.117. The summed E-state index contributed by atoms with van der Waals surface area (Å²) >= 11 is 9.03. The van der Waals surface area contributed by atoms with Gasteiger partial charge in [0.1, 0.15) is 9.88 Å². The second-order valence-electron chi connectivity index (χ2n) is 6.88. The van der Waals surface area contributed by atoms with Crippen molar-refractivity contribution in [1.29, 1.82) is 0 Å². The van der Waals surface area contributed by atoms with Crippen LogP contribution in [0.4, 0.5) is 10.8 Å². The smallest absolute Gasteiger partial charge is 0.269 e. The van der Waals surface area contributed by atoms with Crippen molar-refractivity contribution in [2.24, 2.45) is 0 Å². The molecule has 5 rings (SSSR count). The van der Waals surface area contributed by atoms with Gasteiger partial charge >= 0.3 is 0 Å². The molecule has 2 amide bonds. The molecule has 9 heteroatoms. The van der Waals surface area contributed by atoms with Crippen LogP contribution >= 0.6 is 34.3 Å². The number of amides is 2. The van der Waals surface area contributed by atoms with Crippen LogP contribution in [0.1, 0.15) is 27.0 Å². The predicted molar refractivity (Wildman–Crippen MR) is 121 cm³/mol. The molecule has 2 aromatic heterocycles. The number of thiophene rings is 1. The van der Waals surface area contributed by atoms with Crippen LogP contribution in [0.5, 0.6) is 0 Å². The summed E-state index contributed by atoms with van der Waals surface area (Å²) in [5, 5.41) is 13.5. The summed E-state index contributed by atoms with van der Waals surface area (Å²) in [6, 6.07) is 17.2. The summed E-state index contributed by atoms with van der Waals surface area (Å²) in [5.74, 6) is -0.296. The van der Waals surface area contributed by atoms with Crippen LogP contribution in [0.2, 0.25) is 5.02 Å². The summed E-state index contributed by atoms with van der Waals surface area (Å²) in [6.45, 7) is 0.549. The molecule has 0 aliphatic carbocycles. The average molecular weight is 455 g/mol. The minimum atomic E-state index is -0.308. The average Bonchev–Trinajstić information content (AvgIpc) is 3.46. The van der Waals surface area contributed by atoms with E-state index in [1.165, 1.54) is 22.7 Å². The predicted octanol–water partition coefficient (Wildman–Crippen LogP) is 5.18. The molecule has 3 heterocycles. The number of benzene rings is 2. The number of nitrogens with one attached hydrogen (secondary N) is 1. The summed E-state index contributed by atoms with van der Waals surface area (Å²) in [5.41, 5.74) is 0.877. The monoisotopic (exact) mass is 454 g/mol. The highest BCUT2D eigenvalue weighted by molar-refractivity contribution is 7.22. The number of anilines is 2. The SMILES string of the molecule is O=C(Nc1nnc([C@@H]2CC(=O)N(c3ccccc3)C2)s1)c1sc2ccccc2c1Cl. The Morgan fingerprint density at radius 3 is 2.63 bits per heavy atom. The largest absolute Gasteiger partial charge is 0.312 e. The van der Waals surface area contributed by atoms with E-state index in [0.717, 1.165) is 20.8 Å². The van der Waals surface area contributed by atoms with E-state index in [1.54, 1.807) is 4.90 Å².